The van der Waals surface area contributed by atoms with Gasteiger partial charge < -0.3 is 9.64 Å². The fraction of sp³-hybridized carbons (Fsp3) is 0.348. The van der Waals surface area contributed by atoms with Crippen molar-refractivity contribution >= 4 is 29.1 Å². The summed E-state index contributed by atoms with van der Waals surface area (Å²) in [7, 11) is 3.30. The molecule has 1 saturated carbocycles. The Hall–Kier alpha value is -2.86. The number of carbonyl (C=O) groups excluding carboxylic acids is 2. The van der Waals surface area contributed by atoms with Crippen molar-refractivity contribution in [2.45, 2.75) is 25.3 Å². The first-order chi connectivity index (χ1) is 14.5. The van der Waals surface area contributed by atoms with Crippen molar-refractivity contribution in [1.29, 1.82) is 0 Å². The molecule has 1 atom stereocenters. The quantitative estimate of drug-likeness (QED) is 0.705. The van der Waals surface area contributed by atoms with Crippen LogP contribution in [0.15, 0.2) is 53.6 Å². The molecule has 0 N–H and O–H groups in total. The largest absolute Gasteiger partial charge is 0.497 e. The molecule has 30 heavy (non-hydrogen) atoms. The van der Waals surface area contributed by atoms with E-state index in [4.69, 9.17) is 16.3 Å². The molecule has 4 rings (SSSR count). The molecule has 0 aromatic heterocycles. The molecule has 1 fully saturated rings. The second-order valence-electron chi connectivity index (χ2n) is 7.75. The summed E-state index contributed by atoms with van der Waals surface area (Å²) in [5.41, 5.74) is 2.71. The summed E-state index contributed by atoms with van der Waals surface area (Å²) in [6.45, 7) is 0.0127. The van der Waals surface area contributed by atoms with Crippen molar-refractivity contribution in [3.8, 4) is 5.75 Å². The molecule has 2 aliphatic rings. The summed E-state index contributed by atoms with van der Waals surface area (Å²) in [4.78, 5) is 26.9. The Kier molecular flexibility index (Phi) is 5.77. The maximum absolute atomic E-state index is 13.1. The lowest BCUT2D eigenvalue weighted by Gasteiger charge is -2.25. The van der Waals surface area contributed by atoms with Crippen molar-refractivity contribution in [3.05, 3.63) is 64.7 Å². The number of methoxy groups -OCH3 is 1. The number of hydrazone groups is 1. The maximum atomic E-state index is 13.1. The van der Waals surface area contributed by atoms with Gasteiger partial charge in [0.2, 0.25) is 5.91 Å². The number of nitrogens with zero attached hydrogens (tertiary/aromatic N) is 3. The van der Waals surface area contributed by atoms with Crippen molar-refractivity contribution in [2.24, 2.45) is 11.0 Å². The Morgan fingerprint density at radius 2 is 1.80 bits per heavy atom. The number of carbonyl (C=O) groups is 2. The average Bonchev–Trinajstić information content (AvgIpc) is 3.51. The van der Waals surface area contributed by atoms with Gasteiger partial charge in [-0.25, -0.2) is 5.01 Å². The van der Waals surface area contributed by atoms with Crippen LogP contribution >= 0.6 is 11.6 Å². The smallest absolute Gasteiger partial charge is 0.262 e. The van der Waals surface area contributed by atoms with Gasteiger partial charge in [0, 0.05) is 24.4 Å². The number of benzene rings is 2. The fourth-order valence-corrected chi connectivity index (χ4v) is 3.76. The van der Waals surface area contributed by atoms with Crippen LogP contribution in [-0.2, 0) is 9.59 Å². The minimum Gasteiger partial charge on any atom is -0.497 e. The third-order valence-electron chi connectivity index (χ3n) is 5.52. The van der Waals surface area contributed by atoms with Crippen molar-refractivity contribution in [1.82, 2.24) is 9.91 Å². The highest BCUT2D eigenvalue weighted by atomic mass is 35.5. The van der Waals surface area contributed by atoms with Crippen LogP contribution in [0.25, 0.3) is 0 Å². The van der Waals surface area contributed by atoms with E-state index >= 15 is 0 Å². The summed E-state index contributed by atoms with van der Waals surface area (Å²) in [6.07, 6.45) is 2.41. The van der Waals surface area contributed by atoms with Gasteiger partial charge >= 0.3 is 0 Å². The van der Waals surface area contributed by atoms with Gasteiger partial charge in [0.1, 0.15) is 12.3 Å². The Balaban J connectivity index is 1.59. The lowest BCUT2D eigenvalue weighted by atomic mass is 9.98. The second kappa shape index (κ2) is 8.48. The first-order valence-corrected chi connectivity index (χ1v) is 10.4. The normalized spacial score (nSPS) is 18.2. The van der Waals surface area contributed by atoms with Crippen LogP contribution in [0, 0.1) is 5.92 Å². The van der Waals surface area contributed by atoms with Crippen molar-refractivity contribution < 1.29 is 14.3 Å². The average molecular weight is 426 g/mol. The molecule has 1 heterocycles. The van der Waals surface area contributed by atoms with Gasteiger partial charge in [-0.1, -0.05) is 23.7 Å². The minimum absolute atomic E-state index is 0.0127. The van der Waals surface area contributed by atoms with Crippen LogP contribution in [0.4, 0.5) is 0 Å². The molecule has 0 unspecified atom stereocenters. The number of hydrogen-bond acceptors (Lipinski definition) is 4. The predicted octanol–water partition coefficient (Wildman–Crippen LogP) is 3.89. The first-order valence-electron chi connectivity index (χ1n) is 10.0. The zero-order valence-electron chi connectivity index (χ0n) is 17.0. The number of rotatable bonds is 6. The molecule has 2 amide bonds. The molecule has 0 radical (unpaired) electrons. The van der Waals surface area contributed by atoms with Crippen LogP contribution in [0.3, 0.4) is 0 Å². The molecule has 0 spiro atoms. The lowest BCUT2D eigenvalue weighted by molar-refractivity contribution is -0.141. The maximum Gasteiger partial charge on any atom is 0.262 e. The van der Waals surface area contributed by atoms with E-state index in [1.54, 1.807) is 14.2 Å². The van der Waals surface area contributed by atoms with E-state index in [9.17, 15) is 9.59 Å². The second-order valence-corrected chi connectivity index (χ2v) is 8.19. The highest BCUT2D eigenvalue weighted by molar-refractivity contribution is 6.30. The summed E-state index contributed by atoms with van der Waals surface area (Å²) >= 11 is 6.04. The monoisotopic (exact) mass is 425 g/mol. The third kappa shape index (κ3) is 4.33. The van der Waals surface area contributed by atoms with Gasteiger partial charge in [-0.15, -0.1) is 0 Å². The predicted molar refractivity (Wildman–Crippen MR) is 116 cm³/mol. The van der Waals surface area contributed by atoms with E-state index in [1.807, 2.05) is 48.5 Å². The number of hydrogen-bond donors (Lipinski definition) is 0. The number of ether oxygens (including phenoxy) is 1. The SMILES string of the molecule is COc1ccc(C2=NN(C(=O)CN(C)C(=O)C3CC3)[C@H](c3ccc(Cl)cc3)C2)cc1. The third-order valence-corrected chi connectivity index (χ3v) is 5.77. The molecular weight excluding hydrogens is 402 g/mol. The van der Waals surface area contributed by atoms with Crippen molar-refractivity contribution in [2.75, 3.05) is 20.7 Å². The van der Waals surface area contributed by atoms with E-state index in [0.29, 0.717) is 11.4 Å². The minimum atomic E-state index is -0.240. The van der Waals surface area contributed by atoms with E-state index < -0.39 is 0 Å². The van der Waals surface area contributed by atoms with Crippen LogP contribution in [0.1, 0.15) is 36.4 Å². The zero-order valence-corrected chi connectivity index (χ0v) is 17.8. The standard InChI is InChI=1S/C23H24ClN3O3/c1-26(23(29)17-3-4-17)14-22(28)27-21(16-5-9-18(24)10-6-16)13-20(25-27)15-7-11-19(30-2)12-8-15/h5-12,17,21H,3-4,13-14H2,1-2H3/t21-/m0/s1. The fourth-order valence-electron chi connectivity index (χ4n) is 3.64. The van der Waals surface area contributed by atoms with Crippen LogP contribution in [0.2, 0.25) is 5.02 Å². The van der Waals surface area contributed by atoms with E-state index in [2.05, 4.69) is 5.10 Å². The van der Waals surface area contributed by atoms with Gasteiger partial charge in [-0.2, -0.15) is 5.10 Å². The summed E-state index contributed by atoms with van der Waals surface area (Å²) in [6, 6.07) is 14.8. The Labute approximate surface area is 181 Å². The lowest BCUT2D eigenvalue weighted by Crippen LogP contribution is -2.39. The molecule has 2 aromatic carbocycles. The summed E-state index contributed by atoms with van der Waals surface area (Å²) in [5.74, 6) is 0.673. The van der Waals surface area contributed by atoms with E-state index in [0.717, 1.165) is 35.4 Å². The van der Waals surface area contributed by atoms with Gasteiger partial charge in [0.25, 0.3) is 5.91 Å². The molecule has 2 aromatic rings. The van der Waals surface area contributed by atoms with E-state index in [1.165, 1.54) is 9.91 Å². The summed E-state index contributed by atoms with van der Waals surface area (Å²) < 4.78 is 5.23. The topological polar surface area (TPSA) is 62.2 Å². The summed E-state index contributed by atoms with van der Waals surface area (Å²) in [5, 5.41) is 6.81. The molecule has 1 aliphatic heterocycles. The highest BCUT2D eigenvalue weighted by Crippen LogP contribution is 2.34. The van der Waals surface area contributed by atoms with E-state index in [-0.39, 0.29) is 30.3 Å². The van der Waals surface area contributed by atoms with Gasteiger partial charge in [0.05, 0.1) is 18.9 Å². The molecule has 1 aliphatic carbocycles. The van der Waals surface area contributed by atoms with Gasteiger partial charge in [-0.05, 0) is 60.4 Å². The zero-order chi connectivity index (χ0) is 21.3. The Morgan fingerprint density at radius 1 is 1.13 bits per heavy atom. The number of halogens is 1. The van der Waals surface area contributed by atoms with Crippen LogP contribution < -0.4 is 4.74 Å². The van der Waals surface area contributed by atoms with Crippen LogP contribution in [0.5, 0.6) is 5.75 Å². The molecule has 6 nitrogen and oxygen atoms in total. The Bertz CT molecular complexity index is 968. The number of amides is 2. The van der Waals surface area contributed by atoms with Crippen LogP contribution in [-0.4, -0.2) is 48.1 Å². The molecule has 0 saturated heterocycles. The van der Waals surface area contributed by atoms with Gasteiger partial charge in [0.15, 0.2) is 0 Å². The molecule has 0 bridgehead atoms. The van der Waals surface area contributed by atoms with Gasteiger partial charge in [-0.3, -0.25) is 9.59 Å². The molecule has 7 heteroatoms. The van der Waals surface area contributed by atoms with Crippen molar-refractivity contribution in [3.63, 3.8) is 0 Å². The molecular formula is C23H24ClN3O3. The Morgan fingerprint density at radius 3 is 2.40 bits per heavy atom. The highest BCUT2D eigenvalue weighted by Gasteiger charge is 2.36. The first kappa shape index (κ1) is 20.4. The number of likely N-dealkylation sites (N-methyl/N-ethyl adjacent to an activating group) is 1. The molecule has 156 valence electrons.